The Morgan fingerprint density at radius 3 is 2.89 bits per heavy atom. The Morgan fingerprint density at radius 2 is 2.44 bits per heavy atom. The summed E-state index contributed by atoms with van der Waals surface area (Å²) in [5.41, 5.74) is 0. The Morgan fingerprint density at radius 1 is 1.56 bits per heavy atom. The van der Waals surface area contributed by atoms with Gasteiger partial charge in [-0.25, -0.2) is 0 Å². The van der Waals surface area contributed by atoms with E-state index in [-0.39, 0.29) is 0 Å². The molecular formula is C4H7N5. The molecular weight excluding hydrogens is 118 g/mol. The lowest BCUT2D eigenvalue weighted by molar-refractivity contribution is 0.285. The molecule has 1 aliphatic rings. The number of rotatable bonds is 1. The topological polar surface area (TPSA) is 55.6 Å². The Hall–Kier alpha value is -0.970. The Balaban J connectivity index is 2.14. The van der Waals surface area contributed by atoms with E-state index in [9.17, 15) is 0 Å². The quantitative estimate of drug-likeness (QED) is 0.513. The minimum Gasteiger partial charge on any atom is -0.312 e. The van der Waals surface area contributed by atoms with E-state index in [1.165, 1.54) is 6.33 Å². The first-order valence-electron chi connectivity index (χ1n) is 2.90. The summed E-state index contributed by atoms with van der Waals surface area (Å²) in [6.45, 7) is 1.94. The third-order valence-corrected chi connectivity index (χ3v) is 1.45. The zero-order valence-electron chi connectivity index (χ0n) is 4.86. The SMILES string of the molecule is c1nnn(C2CNC2)n1. The molecule has 1 aliphatic heterocycles. The van der Waals surface area contributed by atoms with Gasteiger partial charge in [0.15, 0.2) is 6.33 Å². The van der Waals surface area contributed by atoms with Gasteiger partial charge in [-0.3, -0.25) is 0 Å². The molecule has 9 heavy (non-hydrogen) atoms. The Bertz CT molecular complexity index is 177. The van der Waals surface area contributed by atoms with Crippen molar-refractivity contribution >= 4 is 0 Å². The maximum atomic E-state index is 3.89. The average molecular weight is 125 g/mol. The summed E-state index contributed by atoms with van der Waals surface area (Å²) in [5.74, 6) is 0. The van der Waals surface area contributed by atoms with E-state index in [4.69, 9.17) is 0 Å². The van der Waals surface area contributed by atoms with Gasteiger partial charge in [-0.1, -0.05) is 0 Å². The van der Waals surface area contributed by atoms with Crippen molar-refractivity contribution in [3.63, 3.8) is 0 Å². The molecule has 0 unspecified atom stereocenters. The van der Waals surface area contributed by atoms with Crippen molar-refractivity contribution in [2.24, 2.45) is 0 Å². The molecule has 1 N–H and O–H groups in total. The van der Waals surface area contributed by atoms with Crippen LogP contribution in [0.25, 0.3) is 0 Å². The zero-order valence-corrected chi connectivity index (χ0v) is 4.86. The van der Waals surface area contributed by atoms with Crippen LogP contribution in [-0.4, -0.2) is 33.3 Å². The van der Waals surface area contributed by atoms with Crippen LogP contribution in [0.1, 0.15) is 6.04 Å². The summed E-state index contributed by atoms with van der Waals surface area (Å²) in [5, 5.41) is 14.4. The van der Waals surface area contributed by atoms with Gasteiger partial charge in [0, 0.05) is 13.1 Å². The highest BCUT2D eigenvalue weighted by Gasteiger charge is 2.19. The van der Waals surface area contributed by atoms with Crippen LogP contribution in [-0.2, 0) is 0 Å². The van der Waals surface area contributed by atoms with Crippen molar-refractivity contribution in [1.82, 2.24) is 25.5 Å². The molecule has 0 spiro atoms. The number of hydrogen-bond acceptors (Lipinski definition) is 4. The Kier molecular flexibility index (Phi) is 0.955. The molecule has 0 saturated carbocycles. The summed E-state index contributed by atoms with van der Waals surface area (Å²) in [7, 11) is 0. The zero-order chi connectivity index (χ0) is 6.10. The van der Waals surface area contributed by atoms with Crippen molar-refractivity contribution in [3.05, 3.63) is 6.33 Å². The molecule has 0 amide bonds. The van der Waals surface area contributed by atoms with Crippen molar-refractivity contribution in [1.29, 1.82) is 0 Å². The van der Waals surface area contributed by atoms with E-state index in [2.05, 4.69) is 20.7 Å². The fraction of sp³-hybridized carbons (Fsp3) is 0.750. The molecule has 5 nitrogen and oxygen atoms in total. The summed E-state index contributed by atoms with van der Waals surface area (Å²) < 4.78 is 0. The smallest absolute Gasteiger partial charge is 0.162 e. The van der Waals surface area contributed by atoms with Crippen molar-refractivity contribution < 1.29 is 0 Å². The predicted molar refractivity (Wildman–Crippen MR) is 29.7 cm³/mol. The normalized spacial score (nSPS) is 19.6. The van der Waals surface area contributed by atoms with E-state index in [0.717, 1.165) is 13.1 Å². The fourth-order valence-electron chi connectivity index (χ4n) is 0.779. The summed E-state index contributed by atoms with van der Waals surface area (Å²) >= 11 is 0. The van der Waals surface area contributed by atoms with E-state index in [1.807, 2.05) is 0 Å². The van der Waals surface area contributed by atoms with Gasteiger partial charge in [0.25, 0.3) is 0 Å². The number of hydrogen-bond donors (Lipinski definition) is 1. The minimum absolute atomic E-state index is 0.437. The molecule has 1 saturated heterocycles. The van der Waals surface area contributed by atoms with Crippen LogP contribution in [0.5, 0.6) is 0 Å². The van der Waals surface area contributed by atoms with Gasteiger partial charge < -0.3 is 5.32 Å². The molecule has 1 aromatic heterocycles. The lowest BCUT2D eigenvalue weighted by atomic mass is 10.2. The first-order chi connectivity index (χ1) is 4.47. The molecule has 0 aromatic carbocycles. The molecule has 0 bridgehead atoms. The van der Waals surface area contributed by atoms with Crippen molar-refractivity contribution in [2.75, 3.05) is 13.1 Å². The van der Waals surface area contributed by atoms with Crippen LogP contribution in [0.2, 0.25) is 0 Å². The van der Waals surface area contributed by atoms with Crippen LogP contribution in [0, 0.1) is 0 Å². The van der Waals surface area contributed by atoms with Crippen LogP contribution >= 0.6 is 0 Å². The van der Waals surface area contributed by atoms with Crippen LogP contribution in [0.3, 0.4) is 0 Å². The summed E-state index contributed by atoms with van der Waals surface area (Å²) in [6, 6.07) is 0.437. The van der Waals surface area contributed by atoms with Crippen molar-refractivity contribution in [3.8, 4) is 0 Å². The molecule has 0 aliphatic carbocycles. The third-order valence-electron chi connectivity index (χ3n) is 1.45. The first-order valence-corrected chi connectivity index (χ1v) is 2.90. The second-order valence-corrected chi connectivity index (χ2v) is 2.07. The Labute approximate surface area is 52.1 Å². The van der Waals surface area contributed by atoms with Gasteiger partial charge in [-0.15, -0.1) is 10.2 Å². The maximum absolute atomic E-state index is 3.89. The van der Waals surface area contributed by atoms with E-state index >= 15 is 0 Å². The number of aromatic nitrogens is 4. The van der Waals surface area contributed by atoms with Gasteiger partial charge in [0.2, 0.25) is 0 Å². The molecule has 5 heteroatoms. The standard InChI is InChI=1S/C4H7N5/c1-4(2-5-1)9-7-3-6-8-9/h3-5H,1-2H2. The highest BCUT2D eigenvalue weighted by molar-refractivity contribution is 4.76. The monoisotopic (exact) mass is 125 g/mol. The van der Waals surface area contributed by atoms with E-state index in [0.29, 0.717) is 6.04 Å². The van der Waals surface area contributed by atoms with Crippen LogP contribution < -0.4 is 5.32 Å². The van der Waals surface area contributed by atoms with Gasteiger partial charge in [0.05, 0.1) is 6.04 Å². The lowest BCUT2D eigenvalue weighted by Crippen LogP contribution is -2.44. The lowest BCUT2D eigenvalue weighted by Gasteiger charge is -2.24. The molecule has 2 rings (SSSR count). The molecule has 1 fully saturated rings. The number of tetrazole rings is 1. The largest absolute Gasteiger partial charge is 0.312 e. The molecule has 2 heterocycles. The second kappa shape index (κ2) is 1.77. The highest BCUT2D eigenvalue weighted by Crippen LogP contribution is 2.05. The molecule has 48 valence electrons. The maximum Gasteiger partial charge on any atom is 0.162 e. The van der Waals surface area contributed by atoms with Gasteiger partial charge in [0.1, 0.15) is 0 Å². The molecule has 0 atom stereocenters. The van der Waals surface area contributed by atoms with Crippen LogP contribution in [0.15, 0.2) is 6.33 Å². The van der Waals surface area contributed by atoms with E-state index < -0.39 is 0 Å². The molecule has 1 aromatic rings. The van der Waals surface area contributed by atoms with Gasteiger partial charge in [-0.05, 0) is 5.21 Å². The summed E-state index contributed by atoms with van der Waals surface area (Å²) in [4.78, 5) is 1.64. The highest BCUT2D eigenvalue weighted by atomic mass is 15.6. The number of nitrogens with one attached hydrogen (secondary N) is 1. The minimum atomic E-state index is 0.437. The first kappa shape index (κ1) is 4.87. The fourth-order valence-corrected chi connectivity index (χ4v) is 0.779. The second-order valence-electron chi connectivity index (χ2n) is 2.07. The van der Waals surface area contributed by atoms with E-state index in [1.54, 1.807) is 4.80 Å². The predicted octanol–water partition coefficient (Wildman–Crippen LogP) is -1.18. The van der Waals surface area contributed by atoms with Gasteiger partial charge in [-0.2, -0.15) is 4.80 Å². The van der Waals surface area contributed by atoms with Gasteiger partial charge >= 0.3 is 0 Å². The average Bonchev–Trinajstić information content (AvgIpc) is 2.11. The number of nitrogens with zero attached hydrogens (tertiary/aromatic N) is 4. The summed E-state index contributed by atoms with van der Waals surface area (Å²) in [6.07, 6.45) is 1.46. The van der Waals surface area contributed by atoms with Crippen LogP contribution in [0.4, 0.5) is 0 Å². The third kappa shape index (κ3) is 0.692. The molecule has 0 radical (unpaired) electrons. The van der Waals surface area contributed by atoms with Crippen molar-refractivity contribution in [2.45, 2.75) is 6.04 Å².